The molecular weight excluding hydrogens is 402 g/mol. The highest BCUT2D eigenvalue weighted by Crippen LogP contribution is 2.23. The molecule has 7 heteroatoms. The van der Waals surface area contributed by atoms with E-state index in [9.17, 15) is 9.59 Å². The predicted octanol–water partition coefficient (Wildman–Crippen LogP) is 3.63. The van der Waals surface area contributed by atoms with Gasteiger partial charge in [-0.25, -0.2) is 9.97 Å². The van der Waals surface area contributed by atoms with Gasteiger partial charge in [-0.3, -0.25) is 9.59 Å². The molecule has 1 aliphatic heterocycles. The molecule has 0 atom stereocenters. The maximum Gasteiger partial charge on any atom is 0.259 e. The SMILES string of the molecule is CCn1cc(C(=O)N2CCC(Cn3cnc4ccccc43)CC2)c(=O)c2ccc(C)nc21. The second-order valence-electron chi connectivity index (χ2n) is 8.60. The van der Waals surface area contributed by atoms with Gasteiger partial charge in [0.25, 0.3) is 5.91 Å². The lowest BCUT2D eigenvalue weighted by atomic mass is 9.96. The smallest absolute Gasteiger partial charge is 0.259 e. The van der Waals surface area contributed by atoms with E-state index in [0.29, 0.717) is 36.6 Å². The molecule has 0 bridgehead atoms. The fourth-order valence-electron chi connectivity index (χ4n) is 4.68. The Balaban J connectivity index is 1.33. The molecule has 0 radical (unpaired) electrons. The molecule has 1 saturated heterocycles. The van der Waals surface area contributed by atoms with Crippen molar-refractivity contribution in [2.24, 2.45) is 5.92 Å². The predicted molar refractivity (Wildman–Crippen MR) is 125 cm³/mol. The van der Waals surface area contributed by atoms with E-state index in [1.54, 1.807) is 12.3 Å². The summed E-state index contributed by atoms with van der Waals surface area (Å²) in [6, 6.07) is 11.8. The molecule has 4 heterocycles. The molecule has 0 aliphatic carbocycles. The van der Waals surface area contributed by atoms with Gasteiger partial charge in [0.2, 0.25) is 5.43 Å². The Hall–Kier alpha value is -3.48. The van der Waals surface area contributed by atoms with Gasteiger partial charge in [-0.1, -0.05) is 12.1 Å². The maximum atomic E-state index is 13.3. The molecule has 0 unspecified atom stereocenters. The van der Waals surface area contributed by atoms with Crippen molar-refractivity contribution >= 4 is 28.0 Å². The van der Waals surface area contributed by atoms with Gasteiger partial charge < -0.3 is 14.0 Å². The molecule has 0 N–H and O–H groups in total. The van der Waals surface area contributed by atoms with Crippen molar-refractivity contribution < 1.29 is 4.79 Å². The number of aryl methyl sites for hydroxylation is 2. The second kappa shape index (κ2) is 8.22. The zero-order chi connectivity index (χ0) is 22.2. The number of benzene rings is 1. The van der Waals surface area contributed by atoms with Gasteiger partial charge in [-0.15, -0.1) is 0 Å². The minimum Gasteiger partial charge on any atom is -0.338 e. The number of carbonyl (C=O) groups excluding carboxylic acids is 1. The lowest BCUT2D eigenvalue weighted by Gasteiger charge is -2.32. The number of amides is 1. The maximum absolute atomic E-state index is 13.3. The molecule has 0 saturated carbocycles. The first-order chi connectivity index (χ1) is 15.5. The van der Waals surface area contributed by atoms with Crippen LogP contribution in [0.15, 0.2) is 53.7 Å². The standard InChI is InChI=1S/C25H27N5O2/c1-3-28-15-20(23(31)19-9-8-17(2)27-24(19)28)25(32)29-12-10-18(11-13-29)14-30-16-26-21-6-4-5-7-22(21)30/h4-9,15-16,18H,3,10-14H2,1-2H3. The van der Waals surface area contributed by atoms with Crippen LogP contribution in [0.5, 0.6) is 0 Å². The number of para-hydroxylation sites is 2. The van der Waals surface area contributed by atoms with E-state index in [1.807, 2.05) is 53.9 Å². The highest BCUT2D eigenvalue weighted by Gasteiger charge is 2.26. The first-order valence-corrected chi connectivity index (χ1v) is 11.2. The van der Waals surface area contributed by atoms with E-state index < -0.39 is 0 Å². The molecule has 7 nitrogen and oxygen atoms in total. The number of piperidine rings is 1. The van der Waals surface area contributed by atoms with Crippen LogP contribution in [0.2, 0.25) is 0 Å². The fraction of sp³-hybridized carbons (Fsp3) is 0.360. The van der Waals surface area contributed by atoms with E-state index >= 15 is 0 Å². The van der Waals surface area contributed by atoms with Crippen LogP contribution in [-0.4, -0.2) is 43.0 Å². The van der Waals surface area contributed by atoms with Gasteiger partial charge in [-0.2, -0.15) is 0 Å². The molecule has 1 aromatic carbocycles. The molecule has 1 aliphatic rings. The number of nitrogens with zero attached hydrogens (tertiary/aromatic N) is 5. The van der Waals surface area contributed by atoms with E-state index in [2.05, 4.69) is 20.6 Å². The first-order valence-electron chi connectivity index (χ1n) is 11.2. The number of likely N-dealkylation sites (tertiary alicyclic amines) is 1. The summed E-state index contributed by atoms with van der Waals surface area (Å²) in [5.41, 5.74) is 3.66. The molecule has 5 rings (SSSR count). The Morgan fingerprint density at radius 1 is 1.09 bits per heavy atom. The second-order valence-corrected chi connectivity index (χ2v) is 8.60. The molecule has 1 fully saturated rings. The third kappa shape index (κ3) is 3.57. The van der Waals surface area contributed by atoms with Crippen LogP contribution in [0.4, 0.5) is 0 Å². The largest absolute Gasteiger partial charge is 0.338 e. The van der Waals surface area contributed by atoms with Gasteiger partial charge in [0, 0.05) is 38.1 Å². The Kier molecular flexibility index (Phi) is 5.25. The number of fused-ring (bicyclic) bond motifs is 2. The molecular formula is C25H27N5O2. The number of rotatable bonds is 4. The Morgan fingerprint density at radius 2 is 1.88 bits per heavy atom. The summed E-state index contributed by atoms with van der Waals surface area (Å²) in [6.45, 7) is 6.76. The number of imidazole rings is 1. The molecule has 4 aromatic rings. The van der Waals surface area contributed by atoms with Crippen molar-refractivity contribution in [3.05, 3.63) is 70.4 Å². The van der Waals surface area contributed by atoms with Crippen LogP contribution in [0.3, 0.4) is 0 Å². The average Bonchev–Trinajstić information content (AvgIpc) is 3.22. The summed E-state index contributed by atoms with van der Waals surface area (Å²) in [4.78, 5) is 37.2. The normalized spacial score (nSPS) is 15.0. The van der Waals surface area contributed by atoms with Crippen LogP contribution in [0, 0.1) is 12.8 Å². The number of hydrogen-bond acceptors (Lipinski definition) is 4. The van der Waals surface area contributed by atoms with Gasteiger partial charge in [0.15, 0.2) is 0 Å². The highest BCUT2D eigenvalue weighted by atomic mass is 16.2. The summed E-state index contributed by atoms with van der Waals surface area (Å²) in [5, 5.41) is 0.505. The third-order valence-electron chi connectivity index (χ3n) is 6.52. The summed E-state index contributed by atoms with van der Waals surface area (Å²) in [6.07, 6.45) is 5.41. The van der Waals surface area contributed by atoms with Crippen molar-refractivity contribution in [2.75, 3.05) is 13.1 Å². The summed E-state index contributed by atoms with van der Waals surface area (Å²) in [5.74, 6) is 0.305. The topological polar surface area (TPSA) is 73.0 Å². The van der Waals surface area contributed by atoms with Gasteiger partial charge in [0.05, 0.1) is 22.7 Å². The van der Waals surface area contributed by atoms with Crippen molar-refractivity contribution in [3.63, 3.8) is 0 Å². The van der Waals surface area contributed by atoms with Crippen LogP contribution in [-0.2, 0) is 13.1 Å². The molecule has 32 heavy (non-hydrogen) atoms. The first kappa shape index (κ1) is 20.4. The quantitative estimate of drug-likeness (QED) is 0.497. The average molecular weight is 430 g/mol. The summed E-state index contributed by atoms with van der Waals surface area (Å²) >= 11 is 0. The fourth-order valence-corrected chi connectivity index (χ4v) is 4.68. The Bertz CT molecular complexity index is 1360. The minimum absolute atomic E-state index is 0.175. The number of hydrogen-bond donors (Lipinski definition) is 0. The lowest BCUT2D eigenvalue weighted by Crippen LogP contribution is -2.41. The number of carbonyl (C=O) groups is 1. The van der Waals surface area contributed by atoms with Crippen molar-refractivity contribution in [2.45, 2.75) is 39.8 Å². The summed E-state index contributed by atoms with van der Waals surface area (Å²) in [7, 11) is 0. The van der Waals surface area contributed by atoms with E-state index in [1.165, 1.54) is 0 Å². The van der Waals surface area contributed by atoms with E-state index in [4.69, 9.17) is 0 Å². The van der Waals surface area contributed by atoms with Gasteiger partial charge >= 0.3 is 0 Å². The Morgan fingerprint density at radius 3 is 2.66 bits per heavy atom. The van der Waals surface area contributed by atoms with Gasteiger partial charge in [-0.05, 0) is 56.9 Å². The Labute approximate surface area is 186 Å². The van der Waals surface area contributed by atoms with Crippen molar-refractivity contribution in [1.29, 1.82) is 0 Å². The third-order valence-corrected chi connectivity index (χ3v) is 6.52. The zero-order valence-corrected chi connectivity index (χ0v) is 18.5. The van der Waals surface area contributed by atoms with Crippen molar-refractivity contribution in [3.8, 4) is 0 Å². The molecule has 164 valence electrons. The zero-order valence-electron chi connectivity index (χ0n) is 18.5. The van der Waals surface area contributed by atoms with E-state index in [-0.39, 0.29) is 16.9 Å². The van der Waals surface area contributed by atoms with Crippen LogP contribution in [0.25, 0.3) is 22.1 Å². The monoisotopic (exact) mass is 429 g/mol. The van der Waals surface area contributed by atoms with Crippen molar-refractivity contribution in [1.82, 2.24) is 24.0 Å². The molecule has 3 aromatic heterocycles. The van der Waals surface area contributed by atoms with Gasteiger partial charge in [0.1, 0.15) is 11.2 Å². The highest BCUT2D eigenvalue weighted by molar-refractivity contribution is 5.97. The van der Waals surface area contributed by atoms with Crippen LogP contribution >= 0.6 is 0 Å². The van der Waals surface area contributed by atoms with Crippen LogP contribution < -0.4 is 5.43 Å². The minimum atomic E-state index is -0.228. The van der Waals surface area contributed by atoms with E-state index in [0.717, 1.165) is 36.1 Å². The van der Waals surface area contributed by atoms with Crippen LogP contribution in [0.1, 0.15) is 35.8 Å². The lowest BCUT2D eigenvalue weighted by molar-refractivity contribution is 0.0681. The number of pyridine rings is 2. The number of aromatic nitrogens is 4. The molecule has 0 spiro atoms. The molecule has 1 amide bonds. The summed E-state index contributed by atoms with van der Waals surface area (Å²) < 4.78 is 4.10.